The van der Waals surface area contributed by atoms with Crippen molar-refractivity contribution < 1.29 is 13.9 Å². The predicted molar refractivity (Wildman–Crippen MR) is 116 cm³/mol. The van der Waals surface area contributed by atoms with E-state index in [-0.39, 0.29) is 30.2 Å². The summed E-state index contributed by atoms with van der Waals surface area (Å²) in [6.07, 6.45) is 2.82. The molecule has 2 N–H and O–H groups in total. The highest BCUT2D eigenvalue weighted by Crippen LogP contribution is 2.26. The number of hydrogen-bond donors (Lipinski definition) is 2. The number of carbonyl (C=O) groups is 1. The maximum atomic E-state index is 13.4. The fourth-order valence-corrected chi connectivity index (χ4v) is 3.85. The summed E-state index contributed by atoms with van der Waals surface area (Å²) < 4.78 is 18.6. The topological polar surface area (TPSA) is 50.4 Å². The molecule has 0 aliphatic carbocycles. The Labute approximate surface area is 178 Å². The average Bonchev–Trinajstić information content (AvgIpc) is 2.73. The van der Waals surface area contributed by atoms with Crippen molar-refractivity contribution in [1.82, 2.24) is 10.6 Å². The molecule has 1 fully saturated rings. The Morgan fingerprint density at radius 2 is 1.79 bits per heavy atom. The Kier molecular flexibility index (Phi) is 8.93. The van der Waals surface area contributed by atoms with Gasteiger partial charge in [-0.15, -0.1) is 12.4 Å². The number of benzene rings is 2. The smallest absolute Gasteiger partial charge is 0.221 e. The van der Waals surface area contributed by atoms with Gasteiger partial charge in [-0.25, -0.2) is 4.39 Å². The van der Waals surface area contributed by atoms with Crippen LogP contribution >= 0.6 is 12.4 Å². The Hall–Kier alpha value is -2.11. The number of halogens is 2. The van der Waals surface area contributed by atoms with Crippen LogP contribution in [0, 0.1) is 17.7 Å². The third-order valence-corrected chi connectivity index (χ3v) is 5.60. The molecule has 4 nitrogen and oxygen atoms in total. The summed E-state index contributed by atoms with van der Waals surface area (Å²) in [5.41, 5.74) is 1.79. The van der Waals surface area contributed by atoms with Gasteiger partial charge in [0.1, 0.15) is 11.6 Å². The van der Waals surface area contributed by atoms with E-state index in [0.29, 0.717) is 18.3 Å². The maximum absolute atomic E-state index is 13.4. The molecule has 0 radical (unpaired) electrons. The molecule has 2 aromatic rings. The van der Waals surface area contributed by atoms with Gasteiger partial charge in [0, 0.05) is 6.42 Å². The SMILES string of the molecule is COc1ccc(C(NC(=O)CC(C)C2CCCNC2)c2ccc(F)cc2)cc1.Cl. The highest BCUT2D eigenvalue weighted by atomic mass is 35.5. The molecule has 0 bridgehead atoms. The van der Waals surface area contributed by atoms with Crippen molar-refractivity contribution in [3.05, 3.63) is 65.5 Å². The minimum Gasteiger partial charge on any atom is -0.497 e. The van der Waals surface area contributed by atoms with Crippen LogP contribution in [-0.2, 0) is 4.79 Å². The van der Waals surface area contributed by atoms with Gasteiger partial charge in [-0.3, -0.25) is 4.79 Å². The zero-order chi connectivity index (χ0) is 19.9. The Bertz CT molecular complexity index is 761. The quantitative estimate of drug-likeness (QED) is 0.694. The number of nitrogens with one attached hydrogen (secondary N) is 2. The molecule has 0 saturated carbocycles. The van der Waals surface area contributed by atoms with Gasteiger partial charge in [0.2, 0.25) is 5.91 Å². The van der Waals surface area contributed by atoms with Gasteiger partial charge in [0.05, 0.1) is 13.2 Å². The first-order chi connectivity index (χ1) is 13.6. The fraction of sp³-hybridized carbons (Fsp3) is 0.435. The summed E-state index contributed by atoms with van der Waals surface area (Å²) in [6.45, 7) is 4.20. The molecule has 3 unspecified atom stereocenters. The van der Waals surface area contributed by atoms with Crippen molar-refractivity contribution in [2.45, 2.75) is 32.2 Å². The van der Waals surface area contributed by atoms with Gasteiger partial charge in [0.15, 0.2) is 0 Å². The van der Waals surface area contributed by atoms with Crippen LogP contribution in [0.5, 0.6) is 5.75 Å². The number of methoxy groups -OCH3 is 1. The van der Waals surface area contributed by atoms with E-state index in [1.54, 1.807) is 19.2 Å². The minimum atomic E-state index is -0.323. The number of rotatable bonds is 7. The van der Waals surface area contributed by atoms with Gasteiger partial charge in [-0.05, 0) is 73.2 Å². The van der Waals surface area contributed by atoms with Crippen molar-refractivity contribution in [1.29, 1.82) is 0 Å². The summed E-state index contributed by atoms with van der Waals surface area (Å²) in [6, 6.07) is 13.6. The van der Waals surface area contributed by atoms with Crippen molar-refractivity contribution in [3.8, 4) is 5.75 Å². The molecule has 1 heterocycles. The molecule has 2 aromatic carbocycles. The number of ether oxygens (including phenoxy) is 1. The van der Waals surface area contributed by atoms with E-state index in [0.717, 1.165) is 30.0 Å². The lowest BCUT2D eigenvalue weighted by Crippen LogP contribution is -2.36. The first kappa shape index (κ1) is 23.2. The zero-order valence-electron chi connectivity index (χ0n) is 17.0. The second-order valence-electron chi connectivity index (χ2n) is 7.61. The minimum absolute atomic E-state index is 0. The van der Waals surface area contributed by atoms with Crippen molar-refractivity contribution in [3.63, 3.8) is 0 Å². The van der Waals surface area contributed by atoms with Crippen molar-refractivity contribution in [2.24, 2.45) is 11.8 Å². The summed E-state index contributed by atoms with van der Waals surface area (Å²) in [4.78, 5) is 12.8. The summed E-state index contributed by atoms with van der Waals surface area (Å²) in [5, 5.41) is 6.57. The van der Waals surface area contributed by atoms with Crippen LogP contribution in [0.25, 0.3) is 0 Å². The molecule has 0 aromatic heterocycles. The van der Waals surface area contributed by atoms with Gasteiger partial charge in [-0.1, -0.05) is 31.2 Å². The van der Waals surface area contributed by atoms with E-state index in [1.807, 2.05) is 24.3 Å². The molecule has 29 heavy (non-hydrogen) atoms. The first-order valence-electron chi connectivity index (χ1n) is 9.96. The van der Waals surface area contributed by atoms with Crippen LogP contribution in [0.2, 0.25) is 0 Å². The van der Waals surface area contributed by atoms with Crippen LogP contribution in [0.1, 0.15) is 43.4 Å². The second-order valence-corrected chi connectivity index (χ2v) is 7.61. The fourth-order valence-electron chi connectivity index (χ4n) is 3.85. The zero-order valence-corrected chi connectivity index (χ0v) is 17.8. The normalized spacial score (nSPS) is 18.2. The van der Waals surface area contributed by atoms with E-state index >= 15 is 0 Å². The number of hydrogen-bond acceptors (Lipinski definition) is 3. The summed E-state index contributed by atoms with van der Waals surface area (Å²) >= 11 is 0. The maximum Gasteiger partial charge on any atom is 0.221 e. The molecule has 158 valence electrons. The molecular formula is C23H30ClFN2O2. The Morgan fingerprint density at radius 1 is 1.17 bits per heavy atom. The van der Waals surface area contributed by atoms with Crippen LogP contribution < -0.4 is 15.4 Å². The van der Waals surface area contributed by atoms with E-state index in [9.17, 15) is 9.18 Å². The second kappa shape index (κ2) is 11.2. The monoisotopic (exact) mass is 420 g/mol. The predicted octanol–water partition coefficient (Wildman–Crippen LogP) is 4.49. The van der Waals surface area contributed by atoms with E-state index in [4.69, 9.17) is 4.74 Å². The van der Waals surface area contributed by atoms with Gasteiger partial charge < -0.3 is 15.4 Å². The average molecular weight is 421 g/mol. The number of amides is 1. The van der Waals surface area contributed by atoms with E-state index in [1.165, 1.54) is 25.0 Å². The lowest BCUT2D eigenvalue weighted by atomic mass is 9.85. The first-order valence-corrected chi connectivity index (χ1v) is 9.96. The molecule has 3 atom stereocenters. The molecule has 6 heteroatoms. The molecule has 1 amide bonds. The Balaban J connectivity index is 0.00000300. The number of piperidine rings is 1. The van der Waals surface area contributed by atoms with Crippen LogP contribution in [-0.4, -0.2) is 26.1 Å². The third kappa shape index (κ3) is 6.44. The Morgan fingerprint density at radius 3 is 2.34 bits per heavy atom. The summed E-state index contributed by atoms with van der Waals surface area (Å²) in [5.74, 6) is 1.33. The van der Waals surface area contributed by atoms with Crippen LogP contribution in [0.4, 0.5) is 4.39 Å². The third-order valence-electron chi connectivity index (χ3n) is 5.60. The highest BCUT2D eigenvalue weighted by Gasteiger charge is 2.24. The number of carbonyl (C=O) groups excluding carboxylic acids is 1. The van der Waals surface area contributed by atoms with E-state index in [2.05, 4.69) is 17.6 Å². The lowest BCUT2D eigenvalue weighted by molar-refractivity contribution is -0.122. The van der Waals surface area contributed by atoms with Crippen LogP contribution in [0.3, 0.4) is 0 Å². The van der Waals surface area contributed by atoms with Crippen LogP contribution in [0.15, 0.2) is 48.5 Å². The summed E-state index contributed by atoms with van der Waals surface area (Å²) in [7, 11) is 1.62. The van der Waals surface area contributed by atoms with Gasteiger partial charge in [0.25, 0.3) is 0 Å². The highest BCUT2D eigenvalue weighted by molar-refractivity contribution is 5.85. The molecule has 1 aliphatic heterocycles. The van der Waals surface area contributed by atoms with Gasteiger partial charge in [-0.2, -0.15) is 0 Å². The van der Waals surface area contributed by atoms with E-state index < -0.39 is 0 Å². The molecule has 1 saturated heterocycles. The molecule has 3 rings (SSSR count). The lowest BCUT2D eigenvalue weighted by Gasteiger charge is -2.28. The standard InChI is InChI=1S/C23H29FN2O2.ClH/c1-16(19-4-3-13-25-15-19)14-22(27)26-23(17-5-9-20(24)10-6-17)18-7-11-21(28-2)12-8-18;/h5-12,16,19,23,25H,3-4,13-15H2,1-2H3,(H,26,27);1H. The molecule has 0 spiro atoms. The largest absolute Gasteiger partial charge is 0.497 e. The molecular weight excluding hydrogens is 391 g/mol. The van der Waals surface area contributed by atoms with Gasteiger partial charge >= 0.3 is 0 Å². The van der Waals surface area contributed by atoms with Crippen molar-refractivity contribution >= 4 is 18.3 Å². The molecule has 1 aliphatic rings. The van der Waals surface area contributed by atoms with Crippen molar-refractivity contribution in [2.75, 3.05) is 20.2 Å².